The number of hydrogen-bond acceptors (Lipinski definition) is 4. The van der Waals surface area contributed by atoms with E-state index in [1.54, 1.807) is 12.4 Å². The average Bonchev–Trinajstić information content (AvgIpc) is 3.15. The van der Waals surface area contributed by atoms with Crippen molar-refractivity contribution in [3.8, 4) is 0 Å². The molecule has 5 nitrogen and oxygen atoms in total. The molecule has 3 rings (SSSR count). The Morgan fingerprint density at radius 2 is 1.85 bits per heavy atom. The molecule has 0 aliphatic carbocycles. The van der Waals surface area contributed by atoms with Gasteiger partial charge < -0.3 is 14.5 Å². The van der Waals surface area contributed by atoms with Gasteiger partial charge in [-0.05, 0) is 48.2 Å². The molecule has 5 heteroatoms. The molecule has 1 aromatic heterocycles. The minimum absolute atomic E-state index is 0.134. The van der Waals surface area contributed by atoms with E-state index in [4.69, 9.17) is 4.74 Å². The van der Waals surface area contributed by atoms with Crippen LogP contribution in [0.3, 0.4) is 0 Å². The van der Waals surface area contributed by atoms with Crippen LogP contribution < -0.4 is 4.90 Å². The number of aromatic nitrogens is 1. The first-order valence-electron chi connectivity index (χ1n) is 9.16. The van der Waals surface area contributed by atoms with Gasteiger partial charge >= 0.3 is 0 Å². The van der Waals surface area contributed by atoms with Crippen LogP contribution in [0.15, 0.2) is 48.8 Å². The molecule has 0 N–H and O–H groups in total. The van der Waals surface area contributed by atoms with E-state index in [9.17, 15) is 4.79 Å². The number of amides is 1. The highest BCUT2D eigenvalue weighted by Crippen LogP contribution is 2.17. The number of benzene rings is 1. The van der Waals surface area contributed by atoms with E-state index in [0.29, 0.717) is 19.5 Å². The maximum Gasteiger partial charge on any atom is 0.227 e. The van der Waals surface area contributed by atoms with Crippen molar-refractivity contribution in [3.05, 3.63) is 59.9 Å². The summed E-state index contributed by atoms with van der Waals surface area (Å²) in [5.74, 6) is 0.134. The number of nitrogens with zero attached hydrogens (tertiary/aromatic N) is 3. The summed E-state index contributed by atoms with van der Waals surface area (Å²) < 4.78 is 5.75. The lowest BCUT2D eigenvalue weighted by Gasteiger charge is -2.26. The van der Waals surface area contributed by atoms with Crippen LogP contribution in [0.2, 0.25) is 0 Å². The first kappa shape index (κ1) is 18.4. The van der Waals surface area contributed by atoms with Crippen molar-refractivity contribution in [3.63, 3.8) is 0 Å². The quantitative estimate of drug-likeness (QED) is 0.768. The molecule has 0 spiro atoms. The Kier molecular flexibility index (Phi) is 6.23. The van der Waals surface area contributed by atoms with Gasteiger partial charge in [-0.15, -0.1) is 0 Å². The maximum absolute atomic E-state index is 13.0. The zero-order valence-electron chi connectivity index (χ0n) is 15.6. The molecular weight excluding hydrogens is 326 g/mol. The van der Waals surface area contributed by atoms with Gasteiger partial charge in [0.2, 0.25) is 5.91 Å². The van der Waals surface area contributed by atoms with Crippen LogP contribution in [-0.2, 0) is 22.5 Å². The van der Waals surface area contributed by atoms with Crippen molar-refractivity contribution in [1.82, 2.24) is 9.88 Å². The van der Waals surface area contributed by atoms with Crippen LogP contribution in [0.25, 0.3) is 0 Å². The number of ether oxygens (including phenoxy) is 1. The number of carbonyl (C=O) groups excluding carboxylic acids is 1. The van der Waals surface area contributed by atoms with Gasteiger partial charge in [0.05, 0.1) is 12.5 Å². The summed E-state index contributed by atoms with van der Waals surface area (Å²) in [6, 6.07) is 12.1. The van der Waals surface area contributed by atoms with Gasteiger partial charge in [0.1, 0.15) is 0 Å². The van der Waals surface area contributed by atoms with E-state index in [0.717, 1.165) is 36.3 Å². The van der Waals surface area contributed by atoms with Crippen molar-refractivity contribution in [2.45, 2.75) is 31.9 Å². The molecule has 1 amide bonds. The SMILES string of the molecule is CN(C)c1ccc(CC(=O)N(Cc2ccncc2)CC2CCCO2)cc1. The number of carbonyl (C=O) groups is 1. The molecule has 0 radical (unpaired) electrons. The molecule has 1 fully saturated rings. The fourth-order valence-corrected chi connectivity index (χ4v) is 3.20. The molecule has 2 aromatic rings. The molecule has 2 heterocycles. The lowest BCUT2D eigenvalue weighted by Crippen LogP contribution is -2.37. The minimum Gasteiger partial charge on any atom is -0.378 e. The van der Waals surface area contributed by atoms with Gasteiger partial charge in [0.25, 0.3) is 0 Å². The van der Waals surface area contributed by atoms with E-state index < -0.39 is 0 Å². The number of anilines is 1. The van der Waals surface area contributed by atoms with E-state index in [-0.39, 0.29) is 12.0 Å². The molecule has 1 atom stereocenters. The van der Waals surface area contributed by atoms with Crippen molar-refractivity contribution >= 4 is 11.6 Å². The highest BCUT2D eigenvalue weighted by atomic mass is 16.5. The van der Waals surface area contributed by atoms with Gasteiger partial charge in [-0.1, -0.05) is 12.1 Å². The lowest BCUT2D eigenvalue weighted by atomic mass is 10.1. The molecule has 1 aromatic carbocycles. The van der Waals surface area contributed by atoms with Gasteiger partial charge in [0, 0.05) is 51.9 Å². The smallest absolute Gasteiger partial charge is 0.227 e. The molecule has 138 valence electrons. The van der Waals surface area contributed by atoms with Crippen molar-refractivity contribution < 1.29 is 9.53 Å². The summed E-state index contributed by atoms with van der Waals surface area (Å²) in [6.07, 6.45) is 6.20. The molecule has 0 saturated carbocycles. The lowest BCUT2D eigenvalue weighted by molar-refractivity contribution is -0.132. The molecule has 1 unspecified atom stereocenters. The standard InChI is InChI=1S/C21H27N3O2/c1-23(2)19-7-5-17(6-8-19)14-21(25)24(16-20-4-3-13-26-20)15-18-9-11-22-12-10-18/h5-12,20H,3-4,13-16H2,1-2H3. The van der Waals surface area contributed by atoms with Crippen LogP contribution in [0.5, 0.6) is 0 Å². The second-order valence-electron chi connectivity index (χ2n) is 7.00. The van der Waals surface area contributed by atoms with Gasteiger partial charge in [-0.2, -0.15) is 0 Å². The average molecular weight is 353 g/mol. The van der Waals surface area contributed by atoms with Crippen molar-refractivity contribution in [2.75, 3.05) is 32.1 Å². The predicted molar refractivity (Wildman–Crippen MR) is 103 cm³/mol. The summed E-state index contributed by atoms with van der Waals surface area (Å²) in [5.41, 5.74) is 3.26. The largest absolute Gasteiger partial charge is 0.378 e. The third-order valence-electron chi connectivity index (χ3n) is 4.73. The van der Waals surface area contributed by atoms with Gasteiger partial charge in [-0.3, -0.25) is 9.78 Å². The van der Waals surface area contributed by atoms with Crippen LogP contribution in [0.4, 0.5) is 5.69 Å². The fraction of sp³-hybridized carbons (Fsp3) is 0.429. The summed E-state index contributed by atoms with van der Waals surface area (Å²) in [4.78, 5) is 21.0. The van der Waals surface area contributed by atoms with Gasteiger partial charge in [0.15, 0.2) is 0 Å². The Balaban J connectivity index is 1.68. The van der Waals surface area contributed by atoms with Gasteiger partial charge in [-0.25, -0.2) is 0 Å². The van der Waals surface area contributed by atoms with E-state index in [2.05, 4.69) is 22.0 Å². The zero-order valence-corrected chi connectivity index (χ0v) is 15.6. The third kappa shape index (κ3) is 5.05. The highest BCUT2D eigenvalue weighted by Gasteiger charge is 2.23. The van der Waals surface area contributed by atoms with Crippen LogP contribution >= 0.6 is 0 Å². The van der Waals surface area contributed by atoms with E-state index in [1.807, 2.05) is 43.3 Å². The van der Waals surface area contributed by atoms with Crippen LogP contribution in [0.1, 0.15) is 24.0 Å². The molecule has 1 saturated heterocycles. The highest BCUT2D eigenvalue weighted by molar-refractivity contribution is 5.79. The Morgan fingerprint density at radius 3 is 2.46 bits per heavy atom. The zero-order chi connectivity index (χ0) is 18.4. The molecule has 0 bridgehead atoms. The summed E-state index contributed by atoms with van der Waals surface area (Å²) in [5, 5.41) is 0. The van der Waals surface area contributed by atoms with Crippen molar-refractivity contribution in [1.29, 1.82) is 0 Å². The topological polar surface area (TPSA) is 45.7 Å². The van der Waals surface area contributed by atoms with E-state index >= 15 is 0 Å². The second kappa shape index (κ2) is 8.81. The Morgan fingerprint density at radius 1 is 1.12 bits per heavy atom. The van der Waals surface area contributed by atoms with Crippen LogP contribution in [0, 0.1) is 0 Å². The van der Waals surface area contributed by atoms with Crippen LogP contribution in [-0.4, -0.2) is 49.1 Å². The monoisotopic (exact) mass is 353 g/mol. The summed E-state index contributed by atoms with van der Waals surface area (Å²) in [6.45, 7) is 2.04. The Labute approximate surface area is 155 Å². The molecule has 1 aliphatic heterocycles. The Hall–Kier alpha value is -2.40. The molecule has 1 aliphatic rings. The number of rotatable bonds is 7. The summed E-state index contributed by atoms with van der Waals surface area (Å²) >= 11 is 0. The molecular formula is C21H27N3O2. The third-order valence-corrected chi connectivity index (χ3v) is 4.73. The second-order valence-corrected chi connectivity index (χ2v) is 7.00. The summed E-state index contributed by atoms with van der Waals surface area (Å²) in [7, 11) is 4.02. The minimum atomic E-state index is 0.134. The maximum atomic E-state index is 13.0. The Bertz CT molecular complexity index is 695. The first-order valence-corrected chi connectivity index (χ1v) is 9.16. The fourth-order valence-electron chi connectivity index (χ4n) is 3.20. The predicted octanol–water partition coefficient (Wildman–Crippen LogP) is 2.90. The normalized spacial score (nSPS) is 16.5. The van der Waals surface area contributed by atoms with E-state index in [1.165, 1.54) is 0 Å². The van der Waals surface area contributed by atoms with Crippen molar-refractivity contribution in [2.24, 2.45) is 0 Å². The first-order chi connectivity index (χ1) is 12.6. The number of pyridine rings is 1. The molecule has 26 heavy (non-hydrogen) atoms. The number of hydrogen-bond donors (Lipinski definition) is 0.